The van der Waals surface area contributed by atoms with Gasteiger partial charge in [-0.15, -0.1) is 24.0 Å². The van der Waals surface area contributed by atoms with E-state index in [1.54, 1.807) is 11.9 Å². The van der Waals surface area contributed by atoms with Gasteiger partial charge in [0.2, 0.25) is 0 Å². The van der Waals surface area contributed by atoms with Gasteiger partial charge in [-0.05, 0) is 37.8 Å². The Morgan fingerprint density at radius 2 is 2.07 bits per heavy atom. The lowest BCUT2D eigenvalue weighted by molar-refractivity contribution is -0.121. The van der Waals surface area contributed by atoms with Gasteiger partial charge in [0.25, 0.3) is 5.91 Å². The Balaban J connectivity index is 0.00000320. The molecular weight excluding hydrogens is 499 g/mol. The number of hydrogen-bond acceptors (Lipinski definition) is 5. The van der Waals surface area contributed by atoms with Gasteiger partial charge in [0.15, 0.2) is 12.6 Å². The number of anilines is 1. The van der Waals surface area contributed by atoms with Crippen molar-refractivity contribution < 1.29 is 19.0 Å². The number of nitrogens with one attached hydrogen (secondary N) is 2. The number of benzene rings is 1. The number of guanidine groups is 1. The van der Waals surface area contributed by atoms with E-state index in [9.17, 15) is 4.79 Å². The third-order valence-corrected chi connectivity index (χ3v) is 4.97. The number of carbonyl (C=O) groups is 1. The van der Waals surface area contributed by atoms with Crippen molar-refractivity contribution in [1.29, 1.82) is 0 Å². The summed E-state index contributed by atoms with van der Waals surface area (Å²) < 4.78 is 16.7. The van der Waals surface area contributed by atoms with Crippen molar-refractivity contribution in [2.75, 3.05) is 58.0 Å². The molecule has 1 fully saturated rings. The van der Waals surface area contributed by atoms with Gasteiger partial charge in [-0.1, -0.05) is 12.1 Å². The second-order valence-electron chi connectivity index (χ2n) is 7.14. The van der Waals surface area contributed by atoms with Crippen molar-refractivity contribution in [3.63, 3.8) is 0 Å². The Hall–Kier alpha value is -1.59. The van der Waals surface area contributed by atoms with E-state index in [4.69, 9.17) is 14.2 Å². The minimum absolute atomic E-state index is 0. The molecule has 0 aliphatic carbocycles. The molecule has 1 atom stereocenters. The zero-order chi connectivity index (χ0) is 20.3. The summed E-state index contributed by atoms with van der Waals surface area (Å²) in [6.45, 7) is 4.52. The molecular formula is C21H33IN4O4. The number of carbonyl (C=O) groups excluding carboxylic acids is 1. The van der Waals surface area contributed by atoms with E-state index in [2.05, 4.69) is 15.6 Å². The number of ether oxygens (including phenoxy) is 3. The highest BCUT2D eigenvalue weighted by Crippen LogP contribution is 2.31. The average molecular weight is 532 g/mol. The van der Waals surface area contributed by atoms with Gasteiger partial charge in [-0.3, -0.25) is 9.79 Å². The number of amides is 1. The number of rotatable bonds is 10. The molecule has 1 saturated heterocycles. The number of halogens is 1. The van der Waals surface area contributed by atoms with E-state index in [0.29, 0.717) is 19.8 Å². The average Bonchev–Trinajstić information content (AvgIpc) is 3.26. The van der Waals surface area contributed by atoms with Crippen LogP contribution in [-0.4, -0.2) is 71.1 Å². The summed E-state index contributed by atoms with van der Waals surface area (Å²) in [4.78, 5) is 18.2. The second kappa shape index (κ2) is 13.7. The molecule has 1 aromatic carbocycles. The predicted molar refractivity (Wildman–Crippen MR) is 128 cm³/mol. The van der Waals surface area contributed by atoms with Crippen LogP contribution in [-0.2, 0) is 14.3 Å². The maximum Gasteiger partial charge on any atom is 0.265 e. The van der Waals surface area contributed by atoms with Crippen molar-refractivity contribution in [1.82, 2.24) is 10.6 Å². The molecule has 2 N–H and O–H groups in total. The molecule has 168 valence electrons. The van der Waals surface area contributed by atoms with Crippen LogP contribution in [0.1, 0.15) is 25.7 Å². The maximum atomic E-state index is 12.2. The highest BCUT2D eigenvalue weighted by atomic mass is 127. The number of para-hydroxylation sites is 2. The predicted octanol–water partition coefficient (Wildman–Crippen LogP) is 2.17. The molecule has 1 amide bonds. The first-order chi connectivity index (χ1) is 14.3. The minimum Gasteiger partial charge on any atom is -0.482 e. The van der Waals surface area contributed by atoms with E-state index in [0.717, 1.165) is 62.8 Å². The van der Waals surface area contributed by atoms with Crippen molar-refractivity contribution >= 4 is 41.5 Å². The fraction of sp³-hybridized carbons (Fsp3) is 0.619. The van der Waals surface area contributed by atoms with Gasteiger partial charge in [-0.25, -0.2) is 0 Å². The molecule has 0 aromatic heterocycles. The van der Waals surface area contributed by atoms with Gasteiger partial charge in [0.05, 0.1) is 18.4 Å². The van der Waals surface area contributed by atoms with Crippen molar-refractivity contribution in [3.8, 4) is 5.75 Å². The summed E-state index contributed by atoms with van der Waals surface area (Å²) in [5, 5.41) is 6.58. The summed E-state index contributed by atoms with van der Waals surface area (Å²) in [6, 6.07) is 7.64. The molecule has 2 heterocycles. The van der Waals surface area contributed by atoms with Gasteiger partial charge >= 0.3 is 0 Å². The lowest BCUT2D eigenvalue weighted by Crippen LogP contribution is -2.42. The van der Waals surface area contributed by atoms with Crippen LogP contribution in [0.25, 0.3) is 0 Å². The van der Waals surface area contributed by atoms with Crippen LogP contribution in [0, 0.1) is 0 Å². The molecule has 0 saturated carbocycles. The Bertz CT molecular complexity index is 683. The van der Waals surface area contributed by atoms with Gasteiger partial charge in [-0.2, -0.15) is 0 Å². The van der Waals surface area contributed by atoms with Gasteiger partial charge in [0.1, 0.15) is 5.75 Å². The first-order valence-electron chi connectivity index (χ1n) is 10.4. The van der Waals surface area contributed by atoms with Crippen LogP contribution in [0.5, 0.6) is 5.75 Å². The standard InChI is InChI=1S/C21H32N4O4.HI/c1-22-21(24-11-6-13-27-15-17-7-4-14-28-17)23-10-5-12-25-18-8-2-3-9-19(18)29-16-20(25)26;/h2-3,8-9,17H,4-7,10-16H2,1H3,(H2,22,23,24);1H. The number of nitrogens with zero attached hydrogens (tertiary/aromatic N) is 2. The Kier molecular flexibility index (Phi) is 11.2. The molecule has 0 radical (unpaired) electrons. The molecule has 2 aliphatic rings. The maximum absolute atomic E-state index is 12.2. The lowest BCUT2D eigenvalue weighted by atomic mass is 10.2. The molecule has 3 rings (SSSR count). The first kappa shape index (κ1) is 24.7. The number of hydrogen-bond donors (Lipinski definition) is 2. The molecule has 9 heteroatoms. The zero-order valence-corrected chi connectivity index (χ0v) is 19.9. The molecule has 1 unspecified atom stereocenters. The van der Waals surface area contributed by atoms with E-state index in [1.807, 2.05) is 24.3 Å². The van der Waals surface area contributed by atoms with E-state index in [-0.39, 0.29) is 42.6 Å². The van der Waals surface area contributed by atoms with Crippen molar-refractivity contribution in [2.24, 2.45) is 4.99 Å². The first-order valence-corrected chi connectivity index (χ1v) is 10.4. The highest BCUT2D eigenvalue weighted by molar-refractivity contribution is 14.0. The summed E-state index contributed by atoms with van der Waals surface area (Å²) in [5.74, 6) is 1.52. The Morgan fingerprint density at radius 3 is 2.83 bits per heavy atom. The van der Waals surface area contributed by atoms with Gasteiger partial charge in [0, 0.05) is 39.9 Å². The molecule has 2 aliphatic heterocycles. The molecule has 8 nitrogen and oxygen atoms in total. The number of aliphatic imine (C=N–C) groups is 1. The summed E-state index contributed by atoms with van der Waals surface area (Å²) in [6.07, 6.45) is 4.25. The fourth-order valence-electron chi connectivity index (χ4n) is 3.44. The highest BCUT2D eigenvalue weighted by Gasteiger charge is 2.24. The van der Waals surface area contributed by atoms with Crippen LogP contribution in [0.15, 0.2) is 29.3 Å². The van der Waals surface area contributed by atoms with E-state index >= 15 is 0 Å². The largest absolute Gasteiger partial charge is 0.482 e. The smallest absolute Gasteiger partial charge is 0.265 e. The molecule has 0 spiro atoms. The third kappa shape index (κ3) is 7.59. The van der Waals surface area contributed by atoms with Gasteiger partial charge < -0.3 is 29.7 Å². The van der Waals surface area contributed by atoms with Crippen LogP contribution < -0.4 is 20.3 Å². The topological polar surface area (TPSA) is 84.4 Å². The molecule has 0 bridgehead atoms. The van der Waals surface area contributed by atoms with E-state index < -0.39 is 0 Å². The summed E-state index contributed by atoms with van der Waals surface area (Å²) >= 11 is 0. The Labute approximate surface area is 195 Å². The SMILES string of the molecule is CN=C(NCCCOCC1CCCO1)NCCCN1C(=O)COc2ccccc21.I. The minimum atomic E-state index is -0.00536. The normalized spacial score (nSPS) is 18.4. The van der Waals surface area contributed by atoms with Crippen molar-refractivity contribution in [2.45, 2.75) is 31.8 Å². The Morgan fingerprint density at radius 1 is 1.27 bits per heavy atom. The lowest BCUT2D eigenvalue weighted by Gasteiger charge is -2.29. The second-order valence-corrected chi connectivity index (χ2v) is 7.14. The van der Waals surface area contributed by atoms with E-state index in [1.165, 1.54) is 0 Å². The molecule has 30 heavy (non-hydrogen) atoms. The van der Waals surface area contributed by atoms with Crippen LogP contribution >= 0.6 is 24.0 Å². The van der Waals surface area contributed by atoms with Crippen LogP contribution in [0.2, 0.25) is 0 Å². The van der Waals surface area contributed by atoms with Crippen LogP contribution in [0.3, 0.4) is 0 Å². The third-order valence-electron chi connectivity index (χ3n) is 4.97. The molecule has 1 aromatic rings. The monoisotopic (exact) mass is 532 g/mol. The fourth-order valence-corrected chi connectivity index (χ4v) is 3.44. The van der Waals surface area contributed by atoms with Crippen LogP contribution in [0.4, 0.5) is 5.69 Å². The summed E-state index contributed by atoms with van der Waals surface area (Å²) in [7, 11) is 1.75. The summed E-state index contributed by atoms with van der Waals surface area (Å²) in [5.41, 5.74) is 0.842. The zero-order valence-electron chi connectivity index (χ0n) is 17.6. The quantitative estimate of drug-likeness (QED) is 0.208. The van der Waals surface area contributed by atoms with Crippen molar-refractivity contribution in [3.05, 3.63) is 24.3 Å². The number of fused-ring (bicyclic) bond motifs is 1.